The molecular weight excluding hydrogens is 638 g/mol. The van der Waals surface area contributed by atoms with Crippen molar-refractivity contribution in [2.45, 2.75) is 60.6 Å². The number of rotatable bonds is 11. The summed E-state index contributed by atoms with van der Waals surface area (Å²) in [5.74, 6) is 0. The molecule has 2 aliphatic heterocycles. The van der Waals surface area contributed by atoms with Gasteiger partial charge in [-0.1, -0.05) is 182 Å². The van der Waals surface area contributed by atoms with Crippen LogP contribution in [0.15, 0.2) is 182 Å². The molecule has 0 radical (unpaired) electrons. The van der Waals surface area contributed by atoms with Crippen molar-refractivity contribution in [1.29, 1.82) is 0 Å². The Bertz CT molecular complexity index is 1670. The van der Waals surface area contributed by atoms with Crippen molar-refractivity contribution in [2.24, 2.45) is 0 Å². The molecule has 6 aromatic rings. The van der Waals surface area contributed by atoms with Crippen LogP contribution in [-0.2, 0) is 12.3 Å². The van der Waals surface area contributed by atoms with Gasteiger partial charge in [-0.3, -0.25) is 0 Å². The number of hydrogen-bond donors (Lipinski definition) is 0. The van der Waals surface area contributed by atoms with E-state index in [0.29, 0.717) is 22.6 Å². The maximum atomic E-state index is 2.46. The van der Waals surface area contributed by atoms with Crippen molar-refractivity contribution in [3.63, 3.8) is 0 Å². The Labute approximate surface area is 301 Å². The van der Waals surface area contributed by atoms with E-state index in [1.165, 1.54) is 61.5 Å². The molecule has 0 amide bonds. The van der Waals surface area contributed by atoms with Crippen LogP contribution in [-0.4, -0.2) is 12.3 Å². The summed E-state index contributed by atoms with van der Waals surface area (Å²) >= 11 is 0. The molecule has 50 heavy (non-hydrogen) atoms. The van der Waals surface area contributed by atoms with Gasteiger partial charge in [0.15, 0.2) is 0 Å². The van der Waals surface area contributed by atoms with Crippen LogP contribution in [0.25, 0.3) is 0 Å². The topological polar surface area (TPSA) is 0 Å². The van der Waals surface area contributed by atoms with E-state index >= 15 is 0 Å². The minimum atomic E-state index is -1.64. The van der Waals surface area contributed by atoms with Gasteiger partial charge >= 0.3 is 0 Å². The van der Waals surface area contributed by atoms with Crippen molar-refractivity contribution < 1.29 is 0 Å². The van der Waals surface area contributed by atoms with Gasteiger partial charge in [0.1, 0.15) is 0 Å². The molecule has 2 heteroatoms. The molecule has 0 nitrogen and oxygen atoms in total. The summed E-state index contributed by atoms with van der Waals surface area (Å²) in [5, 5.41) is 0. The number of benzene rings is 6. The van der Waals surface area contributed by atoms with E-state index in [1.807, 2.05) is 0 Å². The van der Waals surface area contributed by atoms with Gasteiger partial charge in [-0.25, -0.2) is 0 Å². The van der Waals surface area contributed by atoms with Gasteiger partial charge in [0, 0.05) is 14.5 Å². The third-order valence-electron chi connectivity index (χ3n) is 12.2. The lowest BCUT2D eigenvalue weighted by Gasteiger charge is -2.40. The molecule has 0 saturated carbocycles. The summed E-state index contributed by atoms with van der Waals surface area (Å²) < 4.78 is 0. The Morgan fingerprint density at radius 1 is 0.300 bits per heavy atom. The van der Waals surface area contributed by atoms with Crippen molar-refractivity contribution in [1.82, 2.24) is 0 Å². The summed E-state index contributed by atoms with van der Waals surface area (Å²) in [6, 6.07) is 70.0. The smallest absolute Gasteiger partial charge is 0.0622 e. The van der Waals surface area contributed by atoms with Gasteiger partial charge in [0.05, 0.1) is 47.3 Å². The second-order valence-corrected chi connectivity index (χ2v) is 23.2. The molecule has 0 N–H and O–H groups in total. The summed E-state index contributed by atoms with van der Waals surface area (Å²) in [5.41, 5.74) is 11.9. The molecule has 8 rings (SSSR count). The molecule has 250 valence electrons. The van der Waals surface area contributed by atoms with Gasteiger partial charge in [0.25, 0.3) is 0 Å². The first-order valence-electron chi connectivity index (χ1n) is 18.8. The first kappa shape index (κ1) is 33.3. The predicted molar refractivity (Wildman–Crippen MR) is 219 cm³/mol. The Morgan fingerprint density at radius 3 is 0.760 bits per heavy atom. The second-order valence-electron chi connectivity index (χ2n) is 14.8. The van der Waals surface area contributed by atoms with Crippen molar-refractivity contribution in [3.05, 3.63) is 215 Å². The third kappa shape index (κ3) is 6.66. The third-order valence-corrected chi connectivity index (χ3v) is 23.8. The Kier molecular flexibility index (Phi) is 10.1. The minimum absolute atomic E-state index is 0.624. The fourth-order valence-corrected chi connectivity index (χ4v) is 23.9. The van der Waals surface area contributed by atoms with Crippen molar-refractivity contribution >= 4 is 14.5 Å². The zero-order valence-corrected chi connectivity index (χ0v) is 31.0. The molecule has 2 aliphatic rings. The standard InChI is InChI=1S/C48H50P2/c1-7-19-39(20-8-1)37-49(45(41-23-11-3-12-24-41)31-32-46(49)42-25-13-4-14-26-42)35-36-50(38-40-21-9-2-10-22-40)47(43-27-15-5-16-28-43)33-34-48(50)44-29-17-6-18-30-44/h1-30,45-48H,31-38H2/q+2/t45-,46-,47-,48-/m1/s1. The van der Waals surface area contributed by atoms with E-state index in [-0.39, 0.29) is 0 Å². The summed E-state index contributed by atoms with van der Waals surface area (Å²) in [6.07, 6.45) is 10.3. The summed E-state index contributed by atoms with van der Waals surface area (Å²) in [6.45, 7) is 0. The van der Waals surface area contributed by atoms with Gasteiger partial charge in [-0.2, -0.15) is 0 Å². The van der Waals surface area contributed by atoms with Gasteiger partial charge < -0.3 is 0 Å². The molecule has 0 unspecified atom stereocenters. The van der Waals surface area contributed by atoms with Crippen LogP contribution in [0, 0.1) is 0 Å². The number of hydrogen-bond acceptors (Lipinski definition) is 0. The molecule has 4 atom stereocenters. The zero-order valence-electron chi connectivity index (χ0n) is 29.2. The van der Waals surface area contributed by atoms with E-state index in [9.17, 15) is 0 Å². The van der Waals surface area contributed by atoms with Crippen molar-refractivity contribution in [3.8, 4) is 0 Å². The van der Waals surface area contributed by atoms with Gasteiger partial charge in [-0.05, 0) is 59.1 Å². The predicted octanol–water partition coefficient (Wildman–Crippen LogP) is 14.0. The molecule has 0 aromatic heterocycles. The fraction of sp³-hybridized carbons (Fsp3) is 0.250. The molecule has 6 aromatic carbocycles. The highest BCUT2D eigenvalue weighted by molar-refractivity contribution is 7.79. The zero-order chi connectivity index (χ0) is 33.6. The monoisotopic (exact) mass is 688 g/mol. The lowest BCUT2D eigenvalue weighted by Crippen LogP contribution is -2.20. The maximum Gasteiger partial charge on any atom is 0.0957 e. The molecule has 2 saturated heterocycles. The summed E-state index contributed by atoms with van der Waals surface area (Å²) in [7, 11) is -3.28. The minimum Gasteiger partial charge on any atom is -0.0622 e. The average Bonchev–Trinajstić information content (AvgIpc) is 3.75. The van der Waals surface area contributed by atoms with Crippen LogP contribution in [0.3, 0.4) is 0 Å². The molecule has 2 heterocycles. The highest BCUT2D eigenvalue weighted by Crippen LogP contribution is 2.91. The Hall–Kier alpha value is -3.82. The Morgan fingerprint density at radius 2 is 0.520 bits per heavy atom. The van der Waals surface area contributed by atoms with E-state index in [1.54, 1.807) is 22.3 Å². The van der Waals surface area contributed by atoms with E-state index < -0.39 is 14.5 Å². The van der Waals surface area contributed by atoms with Crippen LogP contribution in [0.1, 0.15) is 81.7 Å². The van der Waals surface area contributed by atoms with Crippen molar-refractivity contribution in [2.75, 3.05) is 12.3 Å². The lowest BCUT2D eigenvalue weighted by molar-refractivity contribution is 0.765. The molecule has 2 fully saturated rings. The van der Waals surface area contributed by atoms with E-state index in [4.69, 9.17) is 0 Å². The first-order valence-corrected chi connectivity index (χ1v) is 23.4. The molecule has 0 bridgehead atoms. The highest BCUT2D eigenvalue weighted by atomic mass is 31.2. The largest absolute Gasteiger partial charge is 0.0957 e. The highest BCUT2D eigenvalue weighted by Gasteiger charge is 2.63. The van der Waals surface area contributed by atoms with Crippen LogP contribution < -0.4 is 0 Å². The van der Waals surface area contributed by atoms with Crippen LogP contribution in [0.2, 0.25) is 0 Å². The summed E-state index contributed by atoms with van der Waals surface area (Å²) in [4.78, 5) is 0. The SMILES string of the molecule is c1ccc(C[P+]2(CC[P+]3(Cc4ccccc4)[C@@H](c4ccccc4)CC[C@@H]3c3ccccc3)[C@@H](c3ccccc3)CC[C@@H]2c2ccccc2)cc1. The molecule has 0 spiro atoms. The van der Waals surface area contributed by atoms with Gasteiger partial charge in [-0.15, -0.1) is 0 Å². The lowest BCUT2D eigenvalue weighted by atomic mass is 10.0. The maximum absolute atomic E-state index is 2.46. The second kappa shape index (κ2) is 15.2. The van der Waals surface area contributed by atoms with Crippen LogP contribution in [0.4, 0.5) is 0 Å². The van der Waals surface area contributed by atoms with E-state index in [0.717, 1.165) is 0 Å². The van der Waals surface area contributed by atoms with Gasteiger partial charge in [0.2, 0.25) is 0 Å². The molecular formula is C48H50P2+2. The molecule has 0 aliphatic carbocycles. The fourth-order valence-electron chi connectivity index (χ4n) is 10.1. The Balaban J connectivity index is 1.31. The quantitative estimate of drug-likeness (QED) is 0.119. The normalized spacial score (nSPS) is 22.3. The first-order chi connectivity index (χ1) is 24.8. The average molecular weight is 689 g/mol. The van der Waals surface area contributed by atoms with E-state index in [2.05, 4.69) is 182 Å². The van der Waals surface area contributed by atoms with Crippen LogP contribution >= 0.6 is 14.5 Å². The van der Waals surface area contributed by atoms with Crippen LogP contribution in [0.5, 0.6) is 0 Å².